The van der Waals surface area contributed by atoms with Gasteiger partial charge in [-0.1, -0.05) is 183 Å². The molecule has 0 heterocycles. The number of benzene rings is 7. The van der Waals surface area contributed by atoms with Crippen molar-refractivity contribution >= 4 is 40.9 Å². The van der Waals surface area contributed by atoms with Crippen molar-refractivity contribution in [1.82, 2.24) is 0 Å². The molecular formula is C49H41Cl2OSiZr-. The van der Waals surface area contributed by atoms with Crippen LogP contribution in [0.5, 0.6) is 0 Å². The summed E-state index contributed by atoms with van der Waals surface area (Å²) >= 11 is -0.826. The van der Waals surface area contributed by atoms with Gasteiger partial charge in [0.05, 0.1) is 0 Å². The van der Waals surface area contributed by atoms with Gasteiger partial charge >= 0.3 is 37.9 Å². The average molecular weight is 836 g/mol. The van der Waals surface area contributed by atoms with E-state index < -0.39 is 29.2 Å². The zero-order valence-corrected chi connectivity index (χ0v) is 35.3. The van der Waals surface area contributed by atoms with Gasteiger partial charge < -0.3 is 4.43 Å². The Hall–Kier alpha value is -3.82. The minimum absolute atomic E-state index is 0.301. The maximum absolute atomic E-state index is 7.56. The van der Waals surface area contributed by atoms with Crippen LogP contribution in [0.2, 0.25) is 0 Å². The van der Waals surface area contributed by atoms with E-state index in [9.17, 15) is 0 Å². The van der Waals surface area contributed by atoms with Crippen molar-refractivity contribution in [3.63, 3.8) is 0 Å². The van der Waals surface area contributed by atoms with Crippen LogP contribution in [-0.4, -0.2) is 8.32 Å². The van der Waals surface area contributed by atoms with Gasteiger partial charge in [-0.3, -0.25) is 0 Å². The van der Waals surface area contributed by atoms with Gasteiger partial charge in [0.1, 0.15) is 0 Å². The molecule has 0 radical (unpaired) electrons. The number of hydrogen-bond acceptors (Lipinski definition) is 1. The summed E-state index contributed by atoms with van der Waals surface area (Å²) < 4.78 is 7.56. The van der Waals surface area contributed by atoms with Crippen molar-refractivity contribution in [2.24, 2.45) is 0 Å². The molecule has 7 aromatic carbocycles. The molecule has 0 spiro atoms. The zero-order valence-electron chi connectivity index (χ0n) is 30.3. The normalized spacial score (nSPS) is 12.5. The second-order valence-electron chi connectivity index (χ2n) is 14.1. The van der Waals surface area contributed by atoms with Gasteiger partial charge in [-0.25, -0.2) is 6.61 Å². The number of rotatable bonds is 10. The molecule has 0 bridgehead atoms. The second kappa shape index (κ2) is 16.5. The van der Waals surface area contributed by atoms with Crippen LogP contribution in [-0.2, 0) is 43.5 Å². The summed E-state index contributed by atoms with van der Waals surface area (Å²) in [5.74, 6) is 0. The Morgan fingerprint density at radius 2 is 0.889 bits per heavy atom. The van der Waals surface area contributed by atoms with Crippen LogP contribution in [0.4, 0.5) is 0 Å². The third kappa shape index (κ3) is 6.63. The molecule has 5 heteroatoms. The van der Waals surface area contributed by atoms with Gasteiger partial charge in [-0.2, -0.15) is 0 Å². The van der Waals surface area contributed by atoms with Crippen molar-refractivity contribution in [1.29, 1.82) is 0 Å². The Kier molecular flexibility index (Phi) is 11.3. The van der Waals surface area contributed by atoms with Gasteiger partial charge in [0.15, 0.2) is 0 Å². The molecule has 9 rings (SSSR count). The van der Waals surface area contributed by atoms with E-state index in [0.717, 1.165) is 25.7 Å². The zero-order chi connectivity index (χ0) is 37.0. The van der Waals surface area contributed by atoms with Crippen LogP contribution in [0.25, 0.3) is 22.3 Å². The first-order valence-corrected chi connectivity index (χ1v) is 26.9. The Morgan fingerprint density at radius 3 is 1.30 bits per heavy atom. The standard InChI is InChI=1S/C49H41OSi.2ClH.Zr/c1-2-49(47-30-16-28-43-41-26-14-12-18-36(41)34-45(43)47,48-31-17-29-44-42-27-15-13-19-37(42)35-46(44)48)32-33-50-51(38-20-6-3-7-21-38,39-22-8-4-9-23-39)40-24-10-5-11-25-40;;;/h3-31,33H,2,32,34-35H2,1H3;2*1H;/q-1;;;+2/p-2. The van der Waals surface area contributed by atoms with Gasteiger partial charge in [0.25, 0.3) is 8.32 Å². The van der Waals surface area contributed by atoms with Gasteiger partial charge in [0.2, 0.25) is 0 Å². The van der Waals surface area contributed by atoms with E-state index in [1.54, 1.807) is 0 Å². The molecule has 0 N–H and O–H groups in total. The van der Waals surface area contributed by atoms with E-state index in [2.05, 4.69) is 189 Å². The second-order valence-corrected chi connectivity index (χ2v) is 21.2. The number of hydrogen-bond donors (Lipinski definition) is 0. The van der Waals surface area contributed by atoms with Gasteiger partial charge in [-0.05, 0) is 95.9 Å². The maximum atomic E-state index is 7.56. The van der Waals surface area contributed by atoms with E-state index in [1.807, 2.05) is 0 Å². The van der Waals surface area contributed by atoms with Crippen molar-refractivity contribution < 1.29 is 25.3 Å². The van der Waals surface area contributed by atoms with E-state index in [1.165, 1.54) is 71.2 Å². The fourth-order valence-electron chi connectivity index (χ4n) is 9.13. The molecule has 266 valence electrons. The van der Waals surface area contributed by atoms with Gasteiger partial charge in [0, 0.05) is 0 Å². The van der Waals surface area contributed by atoms with Crippen LogP contribution in [0.15, 0.2) is 176 Å². The molecule has 0 aromatic heterocycles. The number of halogens is 2. The quantitative estimate of drug-likeness (QED) is 0.0758. The summed E-state index contributed by atoms with van der Waals surface area (Å²) in [6.07, 6.45) is 3.61. The van der Waals surface area contributed by atoms with Crippen LogP contribution < -0.4 is 15.6 Å². The first kappa shape index (κ1) is 37.1. The van der Waals surface area contributed by atoms with Crippen molar-refractivity contribution in [2.75, 3.05) is 0 Å². The molecule has 1 nitrogen and oxygen atoms in total. The van der Waals surface area contributed by atoms with E-state index in [4.69, 9.17) is 21.5 Å². The molecule has 0 unspecified atom stereocenters. The summed E-state index contributed by atoms with van der Waals surface area (Å²) in [5.41, 5.74) is 13.8. The van der Waals surface area contributed by atoms with Crippen molar-refractivity contribution in [3.8, 4) is 22.3 Å². The average Bonchev–Trinajstić information content (AvgIpc) is 3.82. The Labute approximate surface area is 339 Å². The van der Waals surface area contributed by atoms with Crippen LogP contribution in [0.1, 0.15) is 53.1 Å². The first-order chi connectivity index (χ1) is 26.6. The predicted molar refractivity (Wildman–Crippen MR) is 226 cm³/mol. The predicted octanol–water partition coefficient (Wildman–Crippen LogP) is 11.1. The molecule has 0 fully saturated rings. The fraction of sp³-hybridized carbons (Fsp3) is 0.122. The van der Waals surface area contributed by atoms with Crippen LogP contribution >= 0.6 is 17.0 Å². The van der Waals surface area contributed by atoms with Crippen LogP contribution in [0.3, 0.4) is 0 Å². The fourth-order valence-corrected chi connectivity index (χ4v) is 12.9. The van der Waals surface area contributed by atoms with Crippen molar-refractivity contribution in [2.45, 2.75) is 38.0 Å². The summed E-state index contributed by atoms with van der Waals surface area (Å²) in [6, 6.07) is 64.8. The molecule has 2 aliphatic rings. The molecule has 0 amide bonds. The summed E-state index contributed by atoms with van der Waals surface area (Å²) in [5, 5.41) is 3.73. The molecule has 0 saturated heterocycles. The van der Waals surface area contributed by atoms with E-state index in [-0.39, 0.29) is 5.41 Å². The summed E-state index contributed by atoms with van der Waals surface area (Å²) in [4.78, 5) is 0. The Bertz CT molecular complexity index is 2170. The summed E-state index contributed by atoms with van der Waals surface area (Å²) in [6.45, 7) is 4.60. The SMILES string of the molecule is CCC(C[CH-]O[Si](c1ccccc1)(c1ccccc1)c1ccccc1)(c1cccc2c1Cc1ccccc1-2)c1cccc2c1Cc1ccccc1-2.[Cl][Zr][Cl]. The van der Waals surface area contributed by atoms with Crippen LogP contribution in [0, 0.1) is 6.61 Å². The Balaban J connectivity index is 0.00000134. The molecule has 0 atom stereocenters. The minimum atomic E-state index is -2.94. The molecular weight excluding hydrogens is 795 g/mol. The number of fused-ring (bicyclic) bond motifs is 6. The first-order valence-electron chi connectivity index (χ1n) is 18.7. The molecule has 0 saturated carbocycles. The summed E-state index contributed by atoms with van der Waals surface area (Å²) in [7, 11) is 6.93. The van der Waals surface area contributed by atoms with Gasteiger partial charge in [-0.15, -0.1) is 6.42 Å². The Morgan fingerprint density at radius 1 is 0.519 bits per heavy atom. The monoisotopic (exact) mass is 833 g/mol. The molecule has 2 aliphatic carbocycles. The van der Waals surface area contributed by atoms with Crippen molar-refractivity contribution in [3.05, 3.63) is 216 Å². The van der Waals surface area contributed by atoms with E-state index in [0.29, 0.717) is 0 Å². The molecule has 54 heavy (non-hydrogen) atoms. The third-order valence-electron chi connectivity index (χ3n) is 11.6. The molecule has 0 aliphatic heterocycles. The van der Waals surface area contributed by atoms with E-state index >= 15 is 0 Å². The third-order valence-corrected chi connectivity index (χ3v) is 15.5. The molecule has 7 aromatic rings. The topological polar surface area (TPSA) is 9.23 Å².